The minimum Gasteiger partial charge on any atom is -0.481 e. The van der Waals surface area contributed by atoms with Gasteiger partial charge in [-0.25, -0.2) is 0 Å². The first-order valence-corrected chi connectivity index (χ1v) is 5.08. The summed E-state index contributed by atoms with van der Waals surface area (Å²) in [6, 6.07) is 0. The Morgan fingerprint density at radius 3 is 2.81 bits per heavy atom. The number of nitrogens with zero attached hydrogens (tertiary/aromatic N) is 3. The number of aliphatic carboxylic acids is 1. The van der Waals surface area contributed by atoms with E-state index in [-0.39, 0.29) is 18.2 Å². The van der Waals surface area contributed by atoms with Crippen molar-refractivity contribution >= 4 is 17.9 Å². The van der Waals surface area contributed by atoms with Crippen molar-refractivity contribution in [2.24, 2.45) is 0 Å². The fourth-order valence-corrected chi connectivity index (χ4v) is 1.11. The number of hydrogen-bond donors (Lipinski definition) is 3. The van der Waals surface area contributed by atoms with Crippen molar-refractivity contribution in [1.29, 1.82) is 0 Å². The smallest absolute Gasteiger partial charge is 0.311 e. The standard InChI is InChI=1S/C9H15N5O2/c1-2-3-4-11-9-13-6(5-7(15)16)12-8(10)14-9/h2-5H2,1H3,(H,15,16)(H3,10,11,12,13,14). The van der Waals surface area contributed by atoms with Crippen LogP contribution in [0, 0.1) is 0 Å². The lowest BCUT2D eigenvalue weighted by Gasteiger charge is -2.05. The maximum absolute atomic E-state index is 10.5. The number of nitrogens with one attached hydrogen (secondary N) is 1. The van der Waals surface area contributed by atoms with E-state index in [1.54, 1.807) is 0 Å². The van der Waals surface area contributed by atoms with Gasteiger partial charge < -0.3 is 16.2 Å². The third-order valence-electron chi connectivity index (χ3n) is 1.82. The largest absolute Gasteiger partial charge is 0.481 e. The molecule has 0 aromatic carbocycles. The molecule has 4 N–H and O–H groups in total. The van der Waals surface area contributed by atoms with Gasteiger partial charge in [0.2, 0.25) is 11.9 Å². The van der Waals surface area contributed by atoms with Crippen LogP contribution in [0.3, 0.4) is 0 Å². The van der Waals surface area contributed by atoms with Crippen LogP contribution in [0.15, 0.2) is 0 Å². The molecule has 0 aliphatic rings. The minimum absolute atomic E-state index is 0.0326. The topological polar surface area (TPSA) is 114 Å². The molecule has 0 amide bonds. The van der Waals surface area contributed by atoms with Gasteiger partial charge in [0, 0.05) is 6.54 Å². The highest BCUT2D eigenvalue weighted by atomic mass is 16.4. The Labute approximate surface area is 93.1 Å². The highest BCUT2D eigenvalue weighted by Gasteiger charge is 2.07. The van der Waals surface area contributed by atoms with E-state index in [1.807, 2.05) is 0 Å². The van der Waals surface area contributed by atoms with E-state index < -0.39 is 5.97 Å². The van der Waals surface area contributed by atoms with E-state index in [2.05, 4.69) is 27.2 Å². The van der Waals surface area contributed by atoms with Crippen LogP contribution in [0.5, 0.6) is 0 Å². The number of aromatic nitrogens is 3. The molecule has 0 bridgehead atoms. The van der Waals surface area contributed by atoms with Crippen molar-refractivity contribution in [3.8, 4) is 0 Å². The van der Waals surface area contributed by atoms with E-state index in [9.17, 15) is 4.79 Å². The first kappa shape index (κ1) is 12.2. The van der Waals surface area contributed by atoms with E-state index in [0.717, 1.165) is 19.4 Å². The number of rotatable bonds is 6. The van der Waals surface area contributed by atoms with Crippen molar-refractivity contribution in [3.05, 3.63) is 5.82 Å². The van der Waals surface area contributed by atoms with Gasteiger partial charge in [-0.1, -0.05) is 13.3 Å². The fraction of sp³-hybridized carbons (Fsp3) is 0.556. The van der Waals surface area contributed by atoms with Crippen molar-refractivity contribution < 1.29 is 9.90 Å². The van der Waals surface area contributed by atoms with Crippen LogP contribution >= 0.6 is 0 Å². The van der Waals surface area contributed by atoms with Crippen LogP contribution in [0.2, 0.25) is 0 Å². The molecule has 1 aromatic heterocycles. The summed E-state index contributed by atoms with van der Waals surface area (Å²) >= 11 is 0. The lowest BCUT2D eigenvalue weighted by atomic mass is 10.3. The van der Waals surface area contributed by atoms with Crippen molar-refractivity contribution in [3.63, 3.8) is 0 Å². The third kappa shape index (κ3) is 4.07. The van der Waals surface area contributed by atoms with E-state index in [1.165, 1.54) is 0 Å². The van der Waals surface area contributed by atoms with Crippen LogP contribution in [0.4, 0.5) is 11.9 Å². The van der Waals surface area contributed by atoms with Gasteiger partial charge in [-0.15, -0.1) is 0 Å². The summed E-state index contributed by atoms with van der Waals surface area (Å²) in [7, 11) is 0. The second-order valence-electron chi connectivity index (χ2n) is 3.28. The Kier molecular flexibility index (Phi) is 4.43. The number of carbonyl (C=O) groups is 1. The number of carboxylic acids is 1. The molecule has 0 saturated carbocycles. The van der Waals surface area contributed by atoms with Gasteiger partial charge in [-0.3, -0.25) is 4.79 Å². The van der Waals surface area contributed by atoms with Crippen LogP contribution in [0.1, 0.15) is 25.6 Å². The second-order valence-corrected chi connectivity index (χ2v) is 3.28. The zero-order valence-electron chi connectivity index (χ0n) is 9.10. The lowest BCUT2D eigenvalue weighted by molar-refractivity contribution is -0.136. The monoisotopic (exact) mass is 225 g/mol. The van der Waals surface area contributed by atoms with Gasteiger partial charge in [-0.2, -0.15) is 15.0 Å². The fourth-order valence-electron chi connectivity index (χ4n) is 1.11. The quantitative estimate of drug-likeness (QED) is 0.596. The predicted octanol–water partition coefficient (Wildman–Crippen LogP) is 0.293. The molecule has 0 saturated heterocycles. The molecule has 0 radical (unpaired) electrons. The van der Waals surface area contributed by atoms with E-state index in [4.69, 9.17) is 10.8 Å². The maximum atomic E-state index is 10.5. The van der Waals surface area contributed by atoms with E-state index in [0.29, 0.717) is 5.95 Å². The van der Waals surface area contributed by atoms with Crippen LogP contribution in [0.25, 0.3) is 0 Å². The summed E-state index contributed by atoms with van der Waals surface area (Å²) in [5.41, 5.74) is 5.44. The van der Waals surface area contributed by atoms with Crippen LogP contribution < -0.4 is 11.1 Å². The molecule has 1 aromatic rings. The number of nitrogens with two attached hydrogens (primary N) is 1. The highest BCUT2D eigenvalue weighted by Crippen LogP contribution is 2.03. The van der Waals surface area contributed by atoms with Gasteiger partial charge in [0.15, 0.2) is 0 Å². The predicted molar refractivity (Wildman–Crippen MR) is 59.0 cm³/mol. The number of carboxylic acid groups (broad SMARTS) is 1. The number of hydrogen-bond acceptors (Lipinski definition) is 6. The summed E-state index contributed by atoms with van der Waals surface area (Å²) < 4.78 is 0. The Balaban J connectivity index is 2.69. The zero-order chi connectivity index (χ0) is 12.0. The first-order valence-electron chi connectivity index (χ1n) is 5.08. The lowest BCUT2D eigenvalue weighted by Crippen LogP contribution is -2.13. The molecule has 0 atom stereocenters. The molecule has 7 nitrogen and oxygen atoms in total. The number of unbranched alkanes of at least 4 members (excludes halogenated alkanes) is 1. The Morgan fingerprint density at radius 1 is 1.44 bits per heavy atom. The summed E-state index contributed by atoms with van der Waals surface area (Å²) in [5.74, 6) is -0.466. The Hall–Kier alpha value is -1.92. The average Bonchev–Trinajstić information content (AvgIpc) is 2.16. The second kappa shape index (κ2) is 5.84. The van der Waals surface area contributed by atoms with Gasteiger partial charge in [0.05, 0.1) is 0 Å². The molecule has 7 heteroatoms. The third-order valence-corrected chi connectivity index (χ3v) is 1.82. The molecule has 0 aliphatic heterocycles. The number of nitrogen functional groups attached to an aromatic ring is 1. The molecule has 0 unspecified atom stereocenters. The molecule has 16 heavy (non-hydrogen) atoms. The van der Waals surface area contributed by atoms with Gasteiger partial charge in [0.1, 0.15) is 12.2 Å². The van der Waals surface area contributed by atoms with Crippen molar-refractivity contribution in [2.45, 2.75) is 26.2 Å². The van der Waals surface area contributed by atoms with Crippen LogP contribution in [-0.4, -0.2) is 32.6 Å². The van der Waals surface area contributed by atoms with Crippen molar-refractivity contribution in [1.82, 2.24) is 15.0 Å². The normalized spacial score (nSPS) is 10.1. The van der Waals surface area contributed by atoms with Gasteiger partial charge in [-0.05, 0) is 6.42 Å². The van der Waals surface area contributed by atoms with Crippen LogP contribution in [-0.2, 0) is 11.2 Å². The molecule has 1 heterocycles. The molecule has 0 spiro atoms. The highest BCUT2D eigenvalue weighted by molar-refractivity contribution is 5.69. The molecule has 0 aliphatic carbocycles. The summed E-state index contributed by atoms with van der Waals surface area (Å²) in [4.78, 5) is 22.0. The summed E-state index contributed by atoms with van der Waals surface area (Å²) in [6.07, 6.45) is 1.78. The molecule has 1 rings (SSSR count). The first-order chi connectivity index (χ1) is 7.61. The molecular weight excluding hydrogens is 210 g/mol. The minimum atomic E-state index is -0.995. The number of anilines is 2. The Bertz CT molecular complexity index is 369. The Morgan fingerprint density at radius 2 is 2.19 bits per heavy atom. The molecule has 0 fully saturated rings. The average molecular weight is 225 g/mol. The zero-order valence-corrected chi connectivity index (χ0v) is 9.10. The van der Waals surface area contributed by atoms with Gasteiger partial charge in [0.25, 0.3) is 0 Å². The van der Waals surface area contributed by atoms with Gasteiger partial charge >= 0.3 is 5.97 Å². The maximum Gasteiger partial charge on any atom is 0.311 e. The molecular formula is C9H15N5O2. The van der Waals surface area contributed by atoms with E-state index >= 15 is 0 Å². The SMILES string of the molecule is CCCCNc1nc(N)nc(CC(=O)O)n1. The summed E-state index contributed by atoms with van der Waals surface area (Å²) in [6.45, 7) is 2.80. The molecule has 88 valence electrons. The van der Waals surface area contributed by atoms with Crippen molar-refractivity contribution in [2.75, 3.05) is 17.6 Å². The summed E-state index contributed by atoms with van der Waals surface area (Å²) in [5, 5.41) is 11.6.